The average Bonchev–Trinajstić information content (AvgIpc) is 2.83. The summed E-state index contributed by atoms with van der Waals surface area (Å²) in [6.07, 6.45) is 0. The maximum Gasteiger partial charge on any atom is 0.336 e. The van der Waals surface area contributed by atoms with E-state index in [1.807, 2.05) is 0 Å². The van der Waals surface area contributed by atoms with E-state index in [-0.39, 0.29) is 19.9 Å². The summed E-state index contributed by atoms with van der Waals surface area (Å²) in [5.74, 6) is -1.71. The molecule has 2 N–H and O–H groups in total. The zero-order chi connectivity index (χ0) is 14.9. The third-order valence-electron chi connectivity index (χ3n) is 2.26. The van der Waals surface area contributed by atoms with Gasteiger partial charge < -0.3 is 5.11 Å². The smallest absolute Gasteiger partial charge is 0.336 e. The number of nitrogens with one attached hydrogen (secondary N) is 1. The highest BCUT2D eigenvalue weighted by Crippen LogP contribution is 2.28. The summed E-state index contributed by atoms with van der Waals surface area (Å²) in [4.78, 5) is 10.7. The lowest BCUT2D eigenvalue weighted by atomic mass is 10.3. The minimum atomic E-state index is -3.91. The van der Waals surface area contributed by atoms with Gasteiger partial charge in [0.2, 0.25) is 0 Å². The molecule has 20 heavy (non-hydrogen) atoms. The second-order valence-corrected chi connectivity index (χ2v) is 7.36. The number of benzene rings is 1. The molecule has 0 unspecified atom stereocenters. The summed E-state index contributed by atoms with van der Waals surface area (Å²) >= 11 is 3.84. The van der Waals surface area contributed by atoms with Gasteiger partial charge in [-0.3, -0.25) is 4.72 Å². The first kappa shape index (κ1) is 14.9. The Labute approximate surface area is 126 Å². The molecule has 0 radical (unpaired) electrons. The molecule has 2 aromatic rings. The van der Waals surface area contributed by atoms with Crippen LogP contribution in [-0.2, 0) is 10.0 Å². The first-order chi connectivity index (χ1) is 9.29. The minimum Gasteiger partial charge on any atom is -0.478 e. The second-order valence-electron chi connectivity index (χ2n) is 3.69. The fourth-order valence-electron chi connectivity index (χ4n) is 1.34. The number of hydrogen-bond donors (Lipinski definition) is 2. The van der Waals surface area contributed by atoms with E-state index in [9.17, 15) is 17.6 Å². The Hall–Kier alpha value is -1.45. The van der Waals surface area contributed by atoms with Gasteiger partial charge in [-0.25, -0.2) is 17.6 Å². The summed E-state index contributed by atoms with van der Waals surface area (Å²) < 4.78 is 39.4. The highest BCUT2D eigenvalue weighted by Gasteiger charge is 2.20. The molecular weight excluding hydrogens is 373 g/mol. The number of rotatable bonds is 4. The van der Waals surface area contributed by atoms with Crippen LogP contribution in [0.25, 0.3) is 0 Å². The summed E-state index contributed by atoms with van der Waals surface area (Å²) in [6, 6.07) is 4.56. The number of carboxylic acids is 1. The Morgan fingerprint density at radius 3 is 2.60 bits per heavy atom. The Bertz CT molecular complexity index is 772. The highest BCUT2D eigenvalue weighted by atomic mass is 79.9. The first-order valence-electron chi connectivity index (χ1n) is 5.09. The molecule has 1 heterocycles. The zero-order valence-corrected chi connectivity index (χ0v) is 12.9. The number of hydrogen-bond acceptors (Lipinski definition) is 4. The molecule has 0 saturated heterocycles. The van der Waals surface area contributed by atoms with E-state index >= 15 is 0 Å². The predicted octanol–water partition coefficient (Wildman–Crippen LogP) is 3.15. The molecule has 0 fully saturated rings. The van der Waals surface area contributed by atoms with Crippen LogP contribution in [0.2, 0.25) is 0 Å². The SMILES string of the molecule is O=C(O)c1csc(S(=O)(=O)Nc2ccc(F)cc2Br)c1. The molecule has 0 amide bonds. The quantitative estimate of drug-likeness (QED) is 0.854. The van der Waals surface area contributed by atoms with Crippen LogP contribution >= 0.6 is 27.3 Å². The van der Waals surface area contributed by atoms with E-state index in [2.05, 4.69) is 20.7 Å². The monoisotopic (exact) mass is 379 g/mol. The molecule has 0 saturated carbocycles. The number of aromatic carboxylic acids is 1. The van der Waals surface area contributed by atoms with Crippen LogP contribution in [0.3, 0.4) is 0 Å². The van der Waals surface area contributed by atoms with Crippen molar-refractivity contribution >= 4 is 48.9 Å². The topological polar surface area (TPSA) is 83.5 Å². The molecular formula is C11H7BrFNO4S2. The van der Waals surface area contributed by atoms with Gasteiger partial charge in [-0.15, -0.1) is 11.3 Å². The zero-order valence-electron chi connectivity index (χ0n) is 9.63. The van der Waals surface area contributed by atoms with E-state index in [4.69, 9.17) is 5.11 Å². The normalized spacial score (nSPS) is 11.3. The van der Waals surface area contributed by atoms with Crippen molar-refractivity contribution < 1.29 is 22.7 Å². The molecule has 0 bridgehead atoms. The summed E-state index contributed by atoms with van der Waals surface area (Å²) in [7, 11) is -3.91. The van der Waals surface area contributed by atoms with Gasteiger partial charge in [0.1, 0.15) is 10.0 Å². The number of carboxylic acid groups (broad SMARTS) is 1. The molecule has 0 aliphatic carbocycles. The molecule has 0 aliphatic rings. The third kappa shape index (κ3) is 3.17. The Morgan fingerprint density at radius 2 is 2.05 bits per heavy atom. The number of anilines is 1. The molecule has 5 nitrogen and oxygen atoms in total. The van der Waals surface area contributed by atoms with Crippen LogP contribution < -0.4 is 4.72 Å². The molecule has 106 valence electrons. The van der Waals surface area contributed by atoms with Crippen LogP contribution in [0.5, 0.6) is 0 Å². The van der Waals surface area contributed by atoms with Gasteiger partial charge in [-0.2, -0.15) is 0 Å². The van der Waals surface area contributed by atoms with E-state index in [0.29, 0.717) is 0 Å². The molecule has 0 spiro atoms. The van der Waals surface area contributed by atoms with Crippen molar-refractivity contribution in [2.75, 3.05) is 4.72 Å². The van der Waals surface area contributed by atoms with Crippen LogP contribution in [-0.4, -0.2) is 19.5 Å². The standard InChI is InChI=1S/C11H7BrFNO4S2/c12-8-4-7(13)1-2-9(8)14-20(17,18)10-3-6(5-19-10)11(15)16/h1-5,14H,(H,15,16). The van der Waals surface area contributed by atoms with Gasteiger partial charge in [0.15, 0.2) is 0 Å². The van der Waals surface area contributed by atoms with Gasteiger partial charge in [-0.05, 0) is 40.2 Å². The highest BCUT2D eigenvalue weighted by molar-refractivity contribution is 9.10. The number of halogens is 2. The minimum absolute atomic E-state index is 0.103. The van der Waals surface area contributed by atoms with Crippen molar-refractivity contribution in [1.29, 1.82) is 0 Å². The van der Waals surface area contributed by atoms with Crippen LogP contribution in [0.4, 0.5) is 10.1 Å². The van der Waals surface area contributed by atoms with Crippen molar-refractivity contribution in [3.8, 4) is 0 Å². The van der Waals surface area contributed by atoms with E-state index in [1.165, 1.54) is 11.4 Å². The van der Waals surface area contributed by atoms with Gasteiger partial charge in [-0.1, -0.05) is 0 Å². The molecule has 9 heteroatoms. The summed E-state index contributed by atoms with van der Waals surface area (Å²) in [5.41, 5.74) is 0.0604. The third-order valence-corrected chi connectivity index (χ3v) is 5.72. The van der Waals surface area contributed by atoms with Crippen molar-refractivity contribution in [3.63, 3.8) is 0 Å². The Balaban J connectivity index is 2.33. The lowest BCUT2D eigenvalue weighted by Gasteiger charge is -2.08. The Morgan fingerprint density at radius 1 is 1.35 bits per heavy atom. The van der Waals surface area contributed by atoms with Crippen molar-refractivity contribution in [2.24, 2.45) is 0 Å². The van der Waals surface area contributed by atoms with E-state index < -0.39 is 21.8 Å². The molecule has 0 aliphatic heterocycles. The fourth-order valence-corrected chi connectivity index (χ4v) is 4.15. The average molecular weight is 380 g/mol. The maximum atomic E-state index is 12.9. The predicted molar refractivity (Wildman–Crippen MR) is 76.2 cm³/mol. The van der Waals surface area contributed by atoms with Crippen molar-refractivity contribution in [1.82, 2.24) is 0 Å². The van der Waals surface area contributed by atoms with Crippen molar-refractivity contribution in [2.45, 2.75) is 4.21 Å². The first-order valence-corrected chi connectivity index (χ1v) is 8.25. The number of sulfonamides is 1. The molecule has 1 aromatic carbocycles. The van der Waals surface area contributed by atoms with Crippen LogP contribution in [0, 0.1) is 5.82 Å². The lowest BCUT2D eigenvalue weighted by Crippen LogP contribution is -2.12. The van der Waals surface area contributed by atoms with Gasteiger partial charge >= 0.3 is 5.97 Å². The van der Waals surface area contributed by atoms with Crippen LogP contribution in [0.15, 0.2) is 38.3 Å². The van der Waals surface area contributed by atoms with Gasteiger partial charge in [0.25, 0.3) is 10.0 Å². The van der Waals surface area contributed by atoms with Gasteiger partial charge in [0.05, 0.1) is 11.3 Å². The van der Waals surface area contributed by atoms with Gasteiger partial charge in [0, 0.05) is 9.85 Å². The fraction of sp³-hybridized carbons (Fsp3) is 0. The number of thiophene rings is 1. The van der Waals surface area contributed by atoms with Crippen molar-refractivity contribution in [3.05, 3.63) is 45.5 Å². The molecule has 1 aromatic heterocycles. The van der Waals surface area contributed by atoms with Crippen LogP contribution in [0.1, 0.15) is 10.4 Å². The molecule has 2 rings (SSSR count). The van der Waals surface area contributed by atoms with E-state index in [0.717, 1.165) is 29.5 Å². The Kier molecular flexibility index (Phi) is 4.11. The van der Waals surface area contributed by atoms with E-state index in [1.54, 1.807) is 0 Å². The number of carbonyl (C=O) groups is 1. The summed E-state index contributed by atoms with van der Waals surface area (Å²) in [6.45, 7) is 0. The second kappa shape index (κ2) is 5.51. The largest absolute Gasteiger partial charge is 0.478 e. The maximum absolute atomic E-state index is 12.9. The molecule has 0 atom stereocenters. The summed E-state index contributed by atoms with van der Waals surface area (Å²) in [5, 5.41) is 10.0. The lowest BCUT2D eigenvalue weighted by molar-refractivity contribution is 0.0697.